The summed E-state index contributed by atoms with van der Waals surface area (Å²) in [5.41, 5.74) is 0.872. The molecule has 166 valence electrons. The van der Waals surface area contributed by atoms with E-state index >= 15 is 0 Å². The van der Waals surface area contributed by atoms with Gasteiger partial charge in [0.1, 0.15) is 5.75 Å². The first-order chi connectivity index (χ1) is 15.5. The lowest BCUT2D eigenvalue weighted by atomic mass is 10.1. The fraction of sp³-hybridized carbons (Fsp3) is 0.261. The Labute approximate surface area is 190 Å². The number of amides is 1. The van der Waals surface area contributed by atoms with Crippen LogP contribution in [0.2, 0.25) is 5.02 Å². The maximum absolute atomic E-state index is 12.8. The highest BCUT2D eigenvalue weighted by Gasteiger charge is 2.17. The van der Waals surface area contributed by atoms with Gasteiger partial charge < -0.3 is 20.1 Å². The second-order valence-electron chi connectivity index (χ2n) is 7.42. The molecule has 2 heterocycles. The van der Waals surface area contributed by atoms with Crippen molar-refractivity contribution < 1.29 is 14.3 Å². The van der Waals surface area contributed by atoms with Crippen LogP contribution in [-0.4, -0.2) is 34.9 Å². The van der Waals surface area contributed by atoms with Crippen molar-refractivity contribution in [3.8, 4) is 11.5 Å². The molecule has 1 amide bonds. The van der Waals surface area contributed by atoms with E-state index in [4.69, 9.17) is 21.1 Å². The molecule has 1 aliphatic heterocycles. The van der Waals surface area contributed by atoms with Crippen LogP contribution in [0.1, 0.15) is 23.2 Å². The number of carbonyl (C=O) groups excluding carboxylic acids is 1. The van der Waals surface area contributed by atoms with Crippen LogP contribution in [0.15, 0.2) is 59.5 Å². The highest BCUT2D eigenvalue weighted by molar-refractivity contribution is 6.30. The number of ether oxygens (including phenoxy) is 2. The zero-order valence-corrected chi connectivity index (χ0v) is 18.3. The molecule has 8 nitrogen and oxygen atoms in total. The van der Waals surface area contributed by atoms with Crippen molar-refractivity contribution >= 4 is 28.9 Å². The SMILES string of the molecule is Cn1ncc(Oc2ccc(Cl)cc2)c(Nc2cccc(C(=O)NCC3CCCO3)c2)c1=O. The molecule has 1 aliphatic rings. The molecule has 2 aromatic carbocycles. The van der Waals surface area contributed by atoms with Crippen LogP contribution in [0.5, 0.6) is 11.5 Å². The maximum Gasteiger partial charge on any atom is 0.294 e. The van der Waals surface area contributed by atoms with Crippen molar-refractivity contribution in [3.63, 3.8) is 0 Å². The van der Waals surface area contributed by atoms with Gasteiger partial charge in [-0.3, -0.25) is 9.59 Å². The van der Waals surface area contributed by atoms with E-state index in [0.717, 1.165) is 19.4 Å². The summed E-state index contributed by atoms with van der Waals surface area (Å²) in [5, 5.41) is 10.6. The minimum Gasteiger partial charge on any atom is -0.453 e. The van der Waals surface area contributed by atoms with Gasteiger partial charge in [0.2, 0.25) is 0 Å². The third-order valence-corrected chi connectivity index (χ3v) is 5.30. The maximum atomic E-state index is 12.8. The molecule has 0 bridgehead atoms. The molecule has 1 saturated heterocycles. The first-order valence-electron chi connectivity index (χ1n) is 10.3. The highest BCUT2D eigenvalue weighted by Crippen LogP contribution is 2.29. The fourth-order valence-corrected chi connectivity index (χ4v) is 3.47. The van der Waals surface area contributed by atoms with Gasteiger partial charge >= 0.3 is 0 Å². The topological polar surface area (TPSA) is 94.5 Å². The number of anilines is 2. The summed E-state index contributed by atoms with van der Waals surface area (Å²) < 4.78 is 12.6. The van der Waals surface area contributed by atoms with Gasteiger partial charge in [0.15, 0.2) is 11.4 Å². The Kier molecular flexibility index (Phi) is 6.72. The van der Waals surface area contributed by atoms with Crippen LogP contribution in [0.4, 0.5) is 11.4 Å². The molecule has 3 aromatic rings. The van der Waals surface area contributed by atoms with E-state index in [9.17, 15) is 9.59 Å². The Morgan fingerprint density at radius 1 is 1.28 bits per heavy atom. The summed E-state index contributed by atoms with van der Waals surface area (Å²) in [7, 11) is 1.55. The van der Waals surface area contributed by atoms with Crippen molar-refractivity contribution in [3.05, 3.63) is 75.7 Å². The van der Waals surface area contributed by atoms with Gasteiger partial charge in [-0.1, -0.05) is 17.7 Å². The van der Waals surface area contributed by atoms with Gasteiger partial charge in [0, 0.05) is 36.5 Å². The van der Waals surface area contributed by atoms with Crippen LogP contribution < -0.4 is 20.9 Å². The lowest BCUT2D eigenvalue weighted by Gasteiger charge is -2.14. The van der Waals surface area contributed by atoms with Crippen LogP contribution in [0.25, 0.3) is 0 Å². The van der Waals surface area contributed by atoms with E-state index in [1.807, 2.05) is 0 Å². The Hall–Kier alpha value is -3.36. The lowest BCUT2D eigenvalue weighted by molar-refractivity contribution is 0.0858. The number of rotatable bonds is 7. The Morgan fingerprint density at radius 3 is 2.84 bits per heavy atom. The Bertz CT molecular complexity index is 1160. The van der Waals surface area contributed by atoms with Crippen molar-refractivity contribution in [2.75, 3.05) is 18.5 Å². The summed E-state index contributed by atoms with van der Waals surface area (Å²) in [6.45, 7) is 1.21. The zero-order chi connectivity index (χ0) is 22.5. The number of halogens is 1. The highest BCUT2D eigenvalue weighted by atomic mass is 35.5. The molecule has 1 fully saturated rings. The average Bonchev–Trinajstić information content (AvgIpc) is 3.32. The van der Waals surface area contributed by atoms with Crippen LogP contribution in [0.3, 0.4) is 0 Å². The molecule has 1 unspecified atom stereocenters. The normalized spacial score (nSPS) is 15.4. The van der Waals surface area contributed by atoms with Crippen molar-refractivity contribution in [1.29, 1.82) is 0 Å². The van der Waals surface area contributed by atoms with Gasteiger partial charge in [-0.15, -0.1) is 0 Å². The average molecular weight is 455 g/mol. The van der Waals surface area contributed by atoms with E-state index in [0.29, 0.717) is 28.6 Å². The predicted molar refractivity (Wildman–Crippen MR) is 122 cm³/mol. The van der Waals surface area contributed by atoms with Gasteiger partial charge in [0.05, 0.1) is 12.3 Å². The van der Waals surface area contributed by atoms with Crippen LogP contribution >= 0.6 is 11.6 Å². The molecule has 2 N–H and O–H groups in total. The molecule has 1 atom stereocenters. The smallest absolute Gasteiger partial charge is 0.294 e. The molecule has 0 aliphatic carbocycles. The molecule has 4 rings (SSSR count). The van der Waals surface area contributed by atoms with Crippen molar-refractivity contribution in [2.24, 2.45) is 7.05 Å². The van der Waals surface area contributed by atoms with E-state index in [1.54, 1.807) is 55.6 Å². The quantitative estimate of drug-likeness (QED) is 0.562. The second-order valence-corrected chi connectivity index (χ2v) is 7.86. The molecular weight excluding hydrogens is 432 g/mol. The monoisotopic (exact) mass is 454 g/mol. The fourth-order valence-electron chi connectivity index (χ4n) is 3.34. The van der Waals surface area contributed by atoms with E-state index in [2.05, 4.69) is 15.7 Å². The number of nitrogens with zero attached hydrogens (tertiary/aromatic N) is 2. The number of aromatic nitrogens is 2. The Balaban J connectivity index is 1.53. The summed E-state index contributed by atoms with van der Waals surface area (Å²) in [6, 6.07) is 13.7. The van der Waals surface area contributed by atoms with E-state index in [1.165, 1.54) is 10.9 Å². The molecule has 0 spiro atoms. The van der Waals surface area contributed by atoms with Crippen molar-refractivity contribution in [2.45, 2.75) is 18.9 Å². The van der Waals surface area contributed by atoms with Gasteiger partial charge in [-0.25, -0.2) is 4.68 Å². The van der Waals surface area contributed by atoms with Crippen LogP contribution in [-0.2, 0) is 11.8 Å². The summed E-state index contributed by atoms with van der Waals surface area (Å²) in [6.07, 6.45) is 3.48. The molecule has 1 aromatic heterocycles. The number of carbonyl (C=O) groups is 1. The summed E-state index contributed by atoms with van der Waals surface area (Å²) in [4.78, 5) is 25.3. The first-order valence-corrected chi connectivity index (χ1v) is 10.6. The molecule has 0 radical (unpaired) electrons. The van der Waals surface area contributed by atoms with Gasteiger partial charge in [-0.05, 0) is 55.3 Å². The minimum atomic E-state index is -0.371. The van der Waals surface area contributed by atoms with Gasteiger partial charge in [-0.2, -0.15) is 5.10 Å². The molecule has 32 heavy (non-hydrogen) atoms. The molecule has 9 heteroatoms. The second kappa shape index (κ2) is 9.84. The number of aryl methyl sites for hydroxylation is 1. The minimum absolute atomic E-state index is 0.0627. The summed E-state index contributed by atoms with van der Waals surface area (Å²) >= 11 is 5.93. The third-order valence-electron chi connectivity index (χ3n) is 5.05. The number of hydrogen-bond acceptors (Lipinski definition) is 6. The number of nitrogens with one attached hydrogen (secondary N) is 2. The van der Waals surface area contributed by atoms with Gasteiger partial charge in [0.25, 0.3) is 11.5 Å². The molecular formula is C23H23ClN4O4. The third kappa shape index (κ3) is 5.27. The number of benzene rings is 2. The standard InChI is InChI=1S/C23H23ClN4O4/c1-28-23(30)21(20(14-26-28)32-18-9-7-16(24)8-10-18)27-17-5-2-4-15(12-17)22(29)25-13-19-6-3-11-31-19/h2,4-5,7-10,12,14,19,27H,3,6,11,13H2,1H3,(H,25,29). The zero-order valence-electron chi connectivity index (χ0n) is 17.5. The van der Waals surface area contributed by atoms with Crippen LogP contribution in [0, 0.1) is 0 Å². The summed E-state index contributed by atoms with van der Waals surface area (Å²) in [5.74, 6) is 0.558. The predicted octanol–water partition coefficient (Wildman–Crippen LogP) is 3.88. The number of hydrogen-bond donors (Lipinski definition) is 2. The van der Waals surface area contributed by atoms with Crippen molar-refractivity contribution in [1.82, 2.24) is 15.1 Å². The molecule has 0 saturated carbocycles. The van der Waals surface area contributed by atoms with E-state index in [-0.39, 0.29) is 29.0 Å². The van der Waals surface area contributed by atoms with E-state index < -0.39 is 0 Å². The Morgan fingerprint density at radius 2 is 2.09 bits per heavy atom. The first kappa shape index (κ1) is 21.9. The lowest BCUT2D eigenvalue weighted by Crippen LogP contribution is -2.31. The largest absolute Gasteiger partial charge is 0.453 e.